The molecule has 3 nitrogen and oxygen atoms in total. The molecule has 0 atom stereocenters. The SMILES string of the molecule is COCOc1cccc(C2CC2)c1N. The van der Waals surface area contributed by atoms with Gasteiger partial charge >= 0.3 is 0 Å². The van der Waals surface area contributed by atoms with Gasteiger partial charge in [-0.05, 0) is 30.4 Å². The predicted octanol–water partition coefficient (Wildman–Crippen LogP) is 2.13. The predicted molar refractivity (Wildman–Crippen MR) is 55.3 cm³/mol. The average molecular weight is 193 g/mol. The van der Waals surface area contributed by atoms with Crippen molar-refractivity contribution >= 4 is 5.69 Å². The minimum absolute atomic E-state index is 0.248. The van der Waals surface area contributed by atoms with Gasteiger partial charge in [-0.15, -0.1) is 0 Å². The fourth-order valence-electron chi connectivity index (χ4n) is 1.56. The van der Waals surface area contributed by atoms with Crippen molar-refractivity contribution in [3.63, 3.8) is 0 Å². The lowest BCUT2D eigenvalue weighted by molar-refractivity contribution is 0.0516. The van der Waals surface area contributed by atoms with Crippen LogP contribution in [0.5, 0.6) is 5.75 Å². The molecule has 0 spiro atoms. The first kappa shape index (κ1) is 9.34. The summed E-state index contributed by atoms with van der Waals surface area (Å²) in [5.41, 5.74) is 7.98. The lowest BCUT2D eigenvalue weighted by atomic mass is 10.1. The van der Waals surface area contributed by atoms with Gasteiger partial charge < -0.3 is 15.2 Å². The monoisotopic (exact) mass is 193 g/mol. The van der Waals surface area contributed by atoms with Crippen molar-refractivity contribution in [3.8, 4) is 5.75 Å². The molecule has 2 N–H and O–H groups in total. The third kappa shape index (κ3) is 1.82. The summed E-state index contributed by atoms with van der Waals surface area (Å²) >= 11 is 0. The van der Waals surface area contributed by atoms with Gasteiger partial charge in [0, 0.05) is 7.11 Å². The highest BCUT2D eigenvalue weighted by molar-refractivity contribution is 5.60. The van der Waals surface area contributed by atoms with E-state index >= 15 is 0 Å². The number of benzene rings is 1. The van der Waals surface area contributed by atoms with Crippen molar-refractivity contribution in [2.45, 2.75) is 18.8 Å². The second-order valence-electron chi connectivity index (χ2n) is 3.58. The molecule has 0 saturated heterocycles. The molecule has 2 rings (SSSR count). The zero-order valence-corrected chi connectivity index (χ0v) is 8.32. The van der Waals surface area contributed by atoms with Crippen molar-refractivity contribution in [1.82, 2.24) is 0 Å². The molecule has 0 aliphatic heterocycles. The number of rotatable bonds is 4. The number of methoxy groups -OCH3 is 1. The van der Waals surface area contributed by atoms with Crippen LogP contribution in [0.3, 0.4) is 0 Å². The maximum atomic E-state index is 5.98. The van der Waals surface area contributed by atoms with Crippen LogP contribution in [0, 0.1) is 0 Å². The molecular weight excluding hydrogens is 178 g/mol. The molecule has 3 heteroatoms. The second kappa shape index (κ2) is 3.88. The van der Waals surface area contributed by atoms with Gasteiger partial charge in [-0.3, -0.25) is 0 Å². The molecule has 1 aliphatic carbocycles. The summed E-state index contributed by atoms with van der Waals surface area (Å²) in [6, 6.07) is 5.93. The zero-order valence-electron chi connectivity index (χ0n) is 8.32. The van der Waals surface area contributed by atoms with Gasteiger partial charge in [-0.25, -0.2) is 0 Å². The lowest BCUT2D eigenvalue weighted by Crippen LogP contribution is -2.03. The van der Waals surface area contributed by atoms with Gasteiger partial charge in [0.05, 0.1) is 5.69 Å². The minimum atomic E-state index is 0.248. The van der Waals surface area contributed by atoms with E-state index in [1.54, 1.807) is 7.11 Å². The van der Waals surface area contributed by atoms with E-state index in [9.17, 15) is 0 Å². The highest BCUT2D eigenvalue weighted by Gasteiger charge is 2.26. The number of nitrogen functional groups attached to an aromatic ring is 1. The largest absolute Gasteiger partial charge is 0.465 e. The molecular formula is C11H15NO2. The van der Waals surface area contributed by atoms with Crippen LogP contribution < -0.4 is 10.5 Å². The molecule has 0 amide bonds. The van der Waals surface area contributed by atoms with Crippen LogP contribution in [0.1, 0.15) is 24.3 Å². The molecule has 1 fully saturated rings. The molecule has 14 heavy (non-hydrogen) atoms. The molecule has 0 aromatic heterocycles. The number of anilines is 1. The normalized spacial score (nSPS) is 15.5. The van der Waals surface area contributed by atoms with E-state index in [4.69, 9.17) is 15.2 Å². The standard InChI is InChI=1S/C11H15NO2/c1-13-7-14-10-4-2-3-9(11(10)12)8-5-6-8/h2-4,8H,5-7,12H2,1H3. The summed E-state index contributed by atoms with van der Waals surface area (Å²) in [6.45, 7) is 0.248. The molecule has 1 aliphatic rings. The summed E-state index contributed by atoms with van der Waals surface area (Å²) in [7, 11) is 1.60. The van der Waals surface area contributed by atoms with Crippen LogP contribution in [0.15, 0.2) is 18.2 Å². The topological polar surface area (TPSA) is 44.5 Å². The molecule has 0 heterocycles. The third-order valence-electron chi connectivity index (χ3n) is 2.45. The Morgan fingerprint density at radius 1 is 1.43 bits per heavy atom. The molecule has 1 aromatic carbocycles. The summed E-state index contributed by atoms with van der Waals surface area (Å²) in [6.07, 6.45) is 2.50. The fraction of sp³-hybridized carbons (Fsp3) is 0.455. The van der Waals surface area contributed by atoms with Gasteiger partial charge in [0.2, 0.25) is 0 Å². The number of nitrogens with two attached hydrogens (primary N) is 1. The third-order valence-corrected chi connectivity index (χ3v) is 2.45. The first-order valence-corrected chi connectivity index (χ1v) is 4.83. The van der Waals surface area contributed by atoms with Crippen molar-refractivity contribution in [2.75, 3.05) is 19.6 Å². The van der Waals surface area contributed by atoms with E-state index in [-0.39, 0.29) is 6.79 Å². The average Bonchev–Trinajstić information content (AvgIpc) is 3.00. The van der Waals surface area contributed by atoms with Gasteiger partial charge in [0.15, 0.2) is 6.79 Å². The van der Waals surface area contributed by atoms with Crippen LogP contribution in [0.25, 0.3) is 0 Å². The van der Waals surface area contributed by atoms with Crippen LogP contribution in [-0.2, 0) is 4.74 Å². The van der Waals surface area contributed by atoms with Gasteiger partial charge in [-0.2, -0.15) is 0 Å². The van der Waals surface area contributed by atoms with Crippen LogP contribution >= 0.6 is 0 Å². The number of para-hydroxylation sites is 1. The molecule has 1 saturated carbocycles. The lowest BCUT2D eigenvalue weighted by Gasteiger charge is -2.10. The summed E-state index contributed by atoms with van der Waals surface area (Å²) in [4.78, 5) is 0. The Morgan fingerprint density at radius 3 is 2.86 bits per heavy atom. The van der Waals surface area contributed by atoms with E-state index in [1.807, 2.05) is 12.1 Å². The van der Waals surface area contributed by atoms with E-state index < -0.39 is 0 Å². The number of ether oxygens (including phenoxy) is 2. The summed E-state index contributed by atoms with van der Waals surface area (Å²) in [5.74, 6) is 1.39. The maximum Gasteiger partial charge on any atom is 0.188 e. The van der Waals surface area contributed by atoms with E-state index in [0.29, 0.717) is 5.92 Å². The van der Waals surface area contributed by atoms with E-state index in [2.05, 4.69) is 6.07 Å². The van der Waals surface area contributed by atoms with Crippen molar-refractivity contribution in [2.24, 2.45) is 0 Å². The smallest absolute Gasteiger partial charge is 0.188 e. The van der Waals surface area contributed by atoms with E-state index in [0.717, 1.165) is 11.4 Å². The molecule has 76 valence electrons. The zero-order chi connectivity index (χ0) is 9.97. The Kier molecular flexibility index (Phi) is 2.59. The first-order chi connectivity index (χ1) is 6.83. The molecule has 1 aromatic rings. The summed E-state index contributed by atoms with van der Waals surface area (Å²) < 4.78 is 10.2. The van der Waals surface area contributed by atoms with Gasteiger partial charge in [-0.1, -0.05) is 12.1 Å². The quantitative estimate of drug-likeness (QED) is 0.588. The van der Waals surface area contributed by atoms with Gasteiger partial charge in [0.25, 0.3) is 0 Å². The van der Waals surface area contributed by atoms with Crippen molar-refractivity contribution in [1.29, 1.82) is 0 Å². The maximum absolute atomic E-state index is 5.98. The van der Waals surface area contributed by atoms with E-state index in [1.165, 1.54) is 18.4 Å². The Morgan fingerprint density at radius 2 is 2.21 bits per heavy atom. The molecule has 0 bridgehead atoms. The van der Waals surface area contributed by atoms with Crippen molar-refractivity contribution < 1.29 is 9.47 Å². The Hall–Kier alpha value is -1.22. The van der Waals surface area contributed by atoms with Gasteiger partial charge in [0.1, 0.15) is 5.75 Å². The van der Waals surface area contributed by atoms with Crippen molar-refractivity contribution in [3.05, 3.63) is 23.8 Å². The number of hydrogen-bond acceptors (Lipinski definition) is 3. The van der Waals surface area contributed by atoms with Crippen LogP contribution in [0.4, 0.5) is 5.69 Å². The fourth-order valence-corrected chi connectivity index (χ4v) is 1.56. The Balaban J connectivity index is 2.18. The second-order valence-corrected chi connectivity index (χ2v) is 3.58. The Bertz CT molecular complexity index is 321. The first-order valence-electron chi connectivity index (χ1n) is 4.83. The minimum Gasteiger partial charge on any atom is -0.465 e. The molecule has 0 radical (unpaired) electrons. The molecule has 0 unspecified atom stereocenters. The number of hydrogen-bond donors (Lipinski definition) is 1. The van der Waals surface area contributed by atoms with Crippen LogP contribution in [-0.4, -0.2) is 13.9 Å². The highest BCUT2D eigenvalue weighted by Crippen LogP contribution is 2.44. The van der Waals surface area contributed by atoms with Crippen LogP contribution in [0.2, 0.25) is 0 Å². The highest BCUT2D eigenvalue weighted by atomic mass is 16.7. The summed E-state index contributed by atoms with van der Waals surface area (Å²) in [5, 5.41) is 0. The Labute approximate surface area is 83.8 Å².